The van der Waals surface area contributed by atoms with Gasteiger partial charge in [-0.3, -0.25) is 9.59 Å². The standard InChI is InChI=1S/2C14H15NO3.2C2H6/c2*1-10(16)8-17-9-13-11(2)18-14(15-13)12-6-4-3-5-7-12;2*1-2/h2*3-7H,8-9H2,1-2H3;2*1-2H3. The number of carbonyl (C=O) groups excluding carboxylic acids is 2. The van der Waals surface area contributed by atoms with Crippen LogP contribution in [0.25, 0.3) is 22.9 Å². The van der Waals surface area contributed by atoms with Crippen LogP contribution in [0.1, 0.15) is 64.5 Å². The lowest BCUT2D eigenvalue weighted by Crippen LogP contribution is -2.04. The van der Waals surface area contributed by atoms with E-state index in [2.05, 4.69) is 9.97 Å². The highest BCUT2D eigenvalue weighted by atomic mass is 16.5. The Balaban J connectivity index is 0.000000356. The summed E-state index contributed by atoms with van der Waals surface area (Å²) >= 11 is 0. The third kappa shape index (κ3) is 11.9. The molecule has 0 amide bonds. The molecule has 8 nitrogen and oxygen atoms in total. The van der Waals surface area contributed by atoms with Crippen molar-refractivity contribution >= 4 is 11.6 Å². The minimum atomic E-state index is -0.000527. The molecule has 0 spiro atoms. The van der Waals surface area contributed by atoms with Crippen molar-refractivity contribution in [1.29, 1.82) is 0 Å². The van der Waals surface area contributed by atoms with Crippen molar-refractivity contribution in [2.45, 2.75) is 68.6 Å². The molecule has 2 heterocycles. The Bertz CT molecular complexity index is 1160. The van der Waals surface area contributed by atoms with Gasteiger partial charge in [0.1, 0.15) is 36.1 Å². The number of carbonyl (C=O) groups is 2. The van der Waals surface area contributed by atoms with Crippen molar-refractivity contribution in [2.75, 3.05) is 13.2 Å². The first-order chi connectivity index (χ1) is 19.3. The van der Waals surface area contributed by atoms with Crippen molar-refractivity contribution in [3.8, 4) is 22.9 Å². The molecular weight excluding hydrogens is 508 g/mol. The summed E-state index contributed by atoms with van der Waals surface area (Å²) in [6.45, 7) is 15.5. The van der Waals surface area contributed by atoms with Crippen LogP contribution in [0.2, 0.25) is 0 Å². The number of ketones is 2. The summed E-state index contributed by atoms with van der Waals surface area (Å²) in [6.07, 6.45) is 0. The zero-order chi connectivity index (χ0) is 29.9. The van der Waals surface area contributed by atoms with E-state index in [0.717, 1.165) is 34.0 Å². The first-order valence-electron chi connectivity index (χ1n) is 13.5. The molecule has 216 valence electrons. The largest absolute Gasteiger partial charge is 0.441 e. The van der Waals surface area contributed by atoms with Gasteiger partial charge in [0.25, 0.3) is 0 Å². The summed E-state index contributed by atoms with van der Waals surface area (Å²) in [5.74, 6) is 2.60. The molecule has 0 radical (unpaired) electrons. The molecule has 0 aliphatic heterocycles. The zero-order valence-corrected chi connectivity index (χ0v) is 24.9. The Morgan fingerprint density at radius 1 is 0.625 bits per heavy atom. The first-order valence-corrected chi connectivity index (χ1v) is 13.5. The molecule has 0 N–H and O–H groups in total. The Morgan fingerprint density at radius 2 is 0.950 bits per heavy atom. The maximum absolute atomic E-state index is 10.8. The van der Waals surface area contributed by atoms with Gasteiger partial charge in [-0.2, -0.15) is 0 Å². The van der Waals surface area contributed by atoms with E-state index in [4.69, 9.17) is 18.3 Å². The van der Waals surface area contributed by atoms with Gasteiger partial charge < -0.3 is 18.3 Å². The fourth-order valence-corrected chi connectivity index (χ4v) is 3.12. The third-order valence-corrected chi connectivity index (χ3v) is 4.92. The minimum absolute atomic E-state index is 0.000527. The van der Waals surface area contributed by atoms with Gasteiger partial charge in [-0.1, -0.05) is 64.1 Å². The number of oxazole rings is 2. The summed E-state index contributed by atoms with van der Waals surface area (Å²) in [5, 5.41) is 0. The van der Waals surface area contributed by atoms with Crippen LogP contribution < -0.4 is 0 Å². The molecule has 40 heavy (non-hydrogen) atoms. The van der Waals surface area contributed by atoms with Gasteiger partial charge in [0, 0.05) is 11.1 Å². The highest BCUT2D eigenvalue weighted by Gasteiger charge is 2.12. The number of hydrogen-bond acceptors (Lipinski definition) is 8. The molecule has 0 bridgehead atoms. The predicted molar refractivity (Wildman–Crippen MR) is 157 cm³/mol. The number of hydrogen-bond donors (Lipinski definition) is 0. The zero-order valence-electron chi connectivity index (χ0n) is 24.9. The van der Waals surface area contributed by atoms with Gasteiger partial charge in [0.05, 0.1) is 13.2 Å². The highest BCUT2D eigenvalue weighted by molar-refractivity contribution is 5.77. The maximum atomic E-state index is 10.8. The van der Waals surface area contributed by atoms with Crippen LogP contribution in [0.3, 0.4) is 0 Å². The van der Waals surface area contributed by atoms with E-state index in [1.807, 2.05) is 102 Å². The molecule has 4 aromatic rings. The van der Waals surface area contributed by atoms with Crippen LogP contribution in [-0.2, 0) is 32.3 Å². The summed E-state index contributed by atoms with van der Waals surface area (Å²) < 4.78 is 21.6. The molecule has 0 unspecified atom stereocenters. The minimum Gasteiger partial charge on any atom is -0.441 e. The van der Waals surface area contributed by atoms with Crippen molar-refractivity contribution in [3.05, 3.63) is 83.6 Å². The molecule has 0 atom stereocenters. The van der Waals surface area contributed by atoms with Gasteiger partial charge in [-0.15, -0.1) is 0 Å². The Kier molecular flexibility index (Phi) is 16.4. The smallest absolute Gasteiger partial charge is 0.226 e. The van der Waals surface area contributed by atoms with Gasteiger partial charge in [0.15, 0.2) is 11.6 Å². The number of benzene rings is 2. The third-order valence-electron chi connectivity index (χ3n) is 4.92. The van der Waals surface area contributed by atoms with E-state index >= 15 is 0 Å². The molecule has 8 heteroatoms. The lowest BCUT2D eigenvalue weighted by molar-refractivity contribution is -0.122. The summed E-state index contributed by atoms with van der Waals surface area (Å²) in [4.78, 5) is 30.3. The molecule has 0 aliphatic carbocycles. The molecule has 2 aromatic heterocycles. The molecule has 0 aliphatic rings. The summed E-state index contributed by atoms with van der Waals surface area (Å²) in [6, 6.07) is 19.4. The van der Waals surface area contributed by atoms with Crippen molar-refractivity contribution in [2.24, 2.45) is 0 Å². The van der Waals surface area contributed by atoms with E-state index in [0.29, 0.717) is 25.0 Å². The quantitative estimate of drug-likeness (QED) is 0.199. The second-order valence-electron chi connectivity index (χ2n) is 8.17. The first kappa shape index (κ1) is 34.1. The number of ether oxygens (including phenoxy) is 2. The average Bonchev–Trinajstić information content (AvgIpc) is 3.54. The fourth-order valence-electron chi connectivity index (χ4n) is 3.12. The van der Waals surface area contributed by atoms with E-state index in [9.17, 15) is 9.59 Å². The number of nitrogens with zero attached hydrogens (tertiary/aromatic N) is 2. The lowest BCUT2D eigenvalue weighted by atomic mass is 10.2. The number of aryl methyl sites for hydroxylation is 2. The van der Waals surface area contributed by atoms with Crippen LogP contribution in [0.4, 0.5) is 0 Å². The number of rotatable bonds is 10. The van der Waals surface area contributed by atoms with Crippen molar-refractivity contribution in [3.63, 3.8) is 0 Å². The average molecular weight is 551 g/mol. The van der Waals surface area contributed by atoms with Gasteiger partial charge in [0.2, 0.25) is 11.8 Å². The number of aromatic nitrogens is 2. The van der Waals surface area contributed by atoms with Gasteiger partial charge >= 0.3 is 0 Å². The summed E-state index contributed by atoms with van der Waals surface area (Å²) in [7, 11) is 0. The van der Waals surface area contributed by atoms with Crippen LogP contribution in [0.15, 0.2) is 69.5 Å². The van der Waals surface area contributed by atoms with Crippen molar-refractivity contribution in [1.82, 2.24) is 9.97 Å². The van der Waals surface area contributed by atoms with Crippen LogP contribution in [-0.4, -0.2) is 34.7 Å². The normalized spacial score (nSPS) is 9.80. The van der Waals surface area contributed by atoms with Crippen LogP contribution in [0.5, 0.6) is 0 Å². The second kappa shape index (κ2) is 19.2. The predicted octanol–water partition coefficient (Wildman–Crippen LogP) is 7.56. The SMILES string of the molecule is CC.CC.CC(=O)COCc1nc(-c2ccccc2)oc1C.CC(=O)COCc1nc(-c2ccccc2)oc1C. The monoisotopic (exact) mass is 550 g/mol. The molecule has 0 fully saturated rings. The van der Waals surface area contributed by atoms with E-state index in [1.54, 1.807) is 0 Å². The van der Waals surface area contributed by atoms with Gasteiger partial charge in [-0.25, -0.2) is 9.97 Å². The lowest BCUT2D eigenvalue weighted by Gasteiger charge is -1.97. The van der Waals surface area contributed by atoms with E-state index < -0.39 is 0 Å². The topological polar surface area (TPSA) is 105 Å². The Labute approximate surface area is 237 Å². The van der Waals surface area contributed by atoms with Crippen LogP contribution >= 0.6 is 0 Å². The molecule has 0 saturated heterocycles. The number of Topliss-reactive ketones (excluding diaryl/α,β-unsaturated/α-hetero) is 2. The highest BCUT2D eigenvalue weighted by Crippen LogP contribution is 2.22. The van der Waals surface area contributed by atoms with Crippen LogP contribution in [0, 0.1) is 13.8 Å². The van der Waals surface area contributed by atoms with Crippen molar-refractivity contribution < 1.29 is 27.9 Å². The van der Waals surface area contributed by atoms with Gasteiger partial charge in [-0.05, 0) is 52.0 Å². The summed E-state index contributed by atoms with van der Waals surface area (Å²) in [5.41, 5.74) is 3.32. The molecular formula is C32H42N2O6. The Hall–Kier alpha value is -3.88. The Morgan fingerprint density at radius 3 is 1.25 bits per heavy atom. The second-order valence-corrected chi connectivity index (χ2v) is 8.17. The maximum Gasteiger partial charge on any atom is 0.226 e. The fraction of sp³-hybridized carbons (Fsp3) is 0.375. The molecule has 2 aromatic carbocycles. The van der Waals surface area contributed by atoms with E-state index in [1.165, 1.54) is 13.8 Å². The molecule has 0 saturated carbocycles. The molecule has 4 rings (SSSR count). The van der Waals surface area contributed by atoms with E-state index in [-0.39, 0.29) is 24.8 Å².